The lowest BCUT2D eigenvalue weighted by atomic mass is 10.1. The van der Waals surface area contributed by atoms with Gasteiger partial charge in [0.15, 0.2) is 0 Å². The fourth-order valence-corrected chi connectivity index (χ4v) is 4.11. The summed E-state index contributed by atoms with van der Waals surface area (Å²) in [6.45, 7) is 3.06. The largest absolute Gasteiger partial charge is 0.330 e. The number of hydrogen-bond acceptors (Lipinski definition) is 2. The van der Waals surface area contributed by atoms with Gasteiger partial charge in [-0.1, -0.05) is 77.8 Å². The fourth-order valence-electron chi connectivity index (χ4n) is 3.91. The second-order valence-electron chi connectivity index (χ2n) is 7.56. The van der Waals surface area contributed by atoms with Gasteiger partial charge in [0.25, 0.3) is 5.56 Å². The minimum Gasteiger partial charge on any atom is -0.330 e. The summed E-state index contributed by atoms with van der Waals surface area (Å²) in [6, 6.07) is 24.0. The van der Waals surface area contributed by atoms with Crippen LogP contribution < -0.4 is 5.56 Å². The van der Waals surface area contributed by atoms with Crippen LogP contribution in [0.3, 0.4) is 0 Å². The first-order chi connectivity index (χ1) is 14.6. The van der Waals surface area contributed by atoms with E-state index in [2.05, 4.69) is 40.7 Å². The van der Waals surface area contributed by atoms with Crippen molar-refractivity contribution in [1.29, 1.82) is 0 Å². The van der Waals surface area contributed by atoms with E-state index in [1.807, 2.05) is 48.5 Å². The Bertz CT molecular complexity index is 1430. The Morgan fingerprint density at radius 3 is 2.43 bits per heavy atom. The van der Waals surface area contributed by atoms with Gasteiger partial charge in [0.2, 0.25) is 0 Å². The molecule has 0 atom stereocenters. The Labute approximate surface area is 179 Å². The molecule has 2 heterocycles. The van der Waals surface area contributed by atoms with Crippen LogP contribution in [0.4, 0.5) is 0 Å². The zero-order valence-electron chi connectivity index (χ0n) is 16.5. The lowest BCUT2D eigenvalue weighted by Gasteiger charge is -2.10. The molecule has 0 amide bonds. The van der Waals surface area contributed by atoms with Gasteiger partial charge < -0.3 is 4.57 Å². The zero-order valence-corrected chi connectivity index (χ0v) is 17.3. The second-order valence-corrected chi connectivity index (χ2v) is 7.96. The average Bonchev–Trinajstić information content (AvgIpc) is 3.07. The Morgan fingerprint density at radius 2 is 1.63 bits per heavy atom. The predicted octanol–water partition coefficient (Wildman–Crippen LogP) is 5.41. The number of aromatic nitrogens is 3. The number of hydrogen-bond donors (Lipinski definition) is 0. The molecule has 30 heavy (non-hydrogen) atoms. The van der Waals surface area contributed by atoms with Crippen LogP contribution in [-0.4, -0.2) is 14.1 Å². The van der Waals surface area contributed by atoms with Crippen LogP contribution in [0.1, 0.15) is 16.7 Å². The number of halogens is 1. The number of fused-ring (bicyclic) bond motifs is 3. The van der Waals surface area contributed by atoms with Crippen LogP contribution in [0.2, 0.25) is 5.02 Å². The lowest BCUT2D eigenvalue weighted by Crippen LogP contribution is -2.23. The maximum absolute atomic E-state index is 13.5. The molecular formula is C25H20ClN3O. The molecule has 0 aliphatic heterocycles. The van der Waals surface area contributed by atoms with Crippen molar-refractivity contribution >= 4 is 33.5 Å². The molecule has 0 radical (unpaired) electrons. The number of aryl methyl sites for hydroxylation is 1. The minimum absolute atomic E-state index is 0.0665. The molecule has 0 saturated carbocycles. The summed E-state index contributed by atoms with van der Waals surface area (Å²) >= 11 is 6.32. The van der Waals surface area contributed by atoms with E-state index < -0.39 is 0 Å². The number of rotatable bonds is 4. The van der Waals surface area contributed by atoms with E-state index >= 15 is 0 Å². The van der Waals surface area contributed by atoms with Crippen molar-refractivity contribution in [3.8, 4) is 0 Å². The maximum atomic E-state index is 13.5. The van der Waals surface area contributed by atoms with Gasteiger partial charge in [-0.2, -0.15) is 0 Å². The van der Waals surface area contributed by atoms with E-state index in [9.17, 15) is 4.79 Å². The summed E-state index contributed by atoms with van der Waals surface area (Å²) in [5, 5.41) is 1.63. The molecule has 2 aromatic heterocycles. The summed E-state index contributed by atoms with van der Waals surface area (Å²) in [4.78, 5) is 18.2. The number of para-hydroxylation sites is 1. The first-order valence-corrected chi connectivity index (χ1v) is 10.2. The van der Waals surface area contributed by atoms with Gasteiger partial charge in [-0.05, 0) is 30.2 Å². The third-order valence-electron chi connectivity index (χ3n) is 5.49. The highest BCUT2D eigenvalue weighted by Gasteiger charge is 2.17. The third kappa shape index (κ3) is 3.19. The van der Waals surface area contributed by atoms with E-state index in [0.29, 0.717) is 23.6 Å². The van der Waals surface area contributed by atoms with Gasteiger partial charge in [-0.3, -0.25) is 9.36 Å². The van der Waals surface area contributed by atoms with Crippen molar-refractivity contribution in [1.82, 2.24) is 14.1 Å². The summed E-state index contributed by atoms with van der Waals surface area (Å²) in [5.41, 5.74) is 5.54. The van der Waals surface area contributed by atoms with Crippen LogP contribution in [0, 0.1) is 6.92 Å². The van der Waals surface area contributed by atoms with Crippen molar-refractivity contribution in [3.05, 3.63) is 111 Å². The zero-order chi connectivity index (χ0) is 20.7. The van der Waals surface area contributed by atoms with Gasteiger partial charge in [-0.15, -0.1) is 0 Å². The van der Waals surface area contributed by atoms with E-state index in [-0.39, 0.29) is 5.56 Å². The summed E-state index contributed by atoms with van der Waals surface area (Å²) in [5.74, 6) is 0. The van der Waals surface area contributed by atoms with Gasteiger partial charge in [-0.25, -0.2) is 4.98 Å². The van der Waals surface area contributed by atoms with E-state index in [1.54, 1.807) is 10.9 Å². The van der Waals surface area contributed by atoms with Gasteiger partial charge in [0.05, 0.1) is 18.4 Å². The van der Waals surface area contributed by atoms with Crippen molar-refractivity contribution in [3.63, 3.8) is 0 Å². The molecule has 0 N–H and O–H groups in total. The van der Waals surface area contributed by atoms with E-state index in [0.717, 1.165) is 27.5 Å². The summed E-state index contributed by atoms with van der Waals surface area (Å²) < 4.78 is 3.71. The molecule has 0 aliphatic rings. The van der Waals surface area contributed by atoms with Crippen molar-refractivity contribution in [2.75, 3.05) is 0 Å². The Kier molecular flexibility index (Phi) is 4.64. The van der Waals surface area contributed by atoms with Gasteiger partial charge in [0.1, 0.15) is 11.0 Å². The highest BCUT2D eigenvalue weighted by atomic mass is 35.5. The average molecular weight is 414 g/mol. The van der Waals surface area contributed by atoms with Crippen molar-refractivity contribution < 1.29 is 0 Å². The molecular weight excluding hydrogens is 394 g/mol. The van der Waals surface area contributed by atoms with Crippen LogP contribution in [0.15, 0.2) is 83.9 Å². The quantitative estimate of drug-likeness (QED) is 0.395. The molecule has 5 heteroatoms. The minimum atomic E-state index is -0.0665. The Balaban J connectivity index is 1.71. The smallest absolute Gasteiger partial charge is 0.278 e. The molecule has 148 valence electrons. The number of nitrogens with zero attached hydrogens (tertiary/aromatic N) is 3. The van der Waals surface area contributed by atoms with Crippen molar-refractivity contribution in [2.45, 2.75) is 20.0 Å². The SMILES string of the molecule is Cc1ccc(Cn2c3ccccc3c3ncn(Cc4ccccc4Cl)c(=O)c32)cc1. The van der Waals surface area contributed by atoms with Gasteiger partial charge >= 0.3 is 0 Å². The monoisotopic (exact) mass is 413 g/mol. The van der Waals surface area contributed by atoms with Gasteiger partial charge in [0, 0.05) is 17.0 Å². The first kappa shape index (κ1) is 18.6. The molecule has 5 aromatic rings. The molecule has 0 unspecified atom stereocenters. The molecule has 0 fully saturated rings. The highest BCUT2D eigenvalue weighted by Crippen LogP contribution is 2.26. The van der Waals surface area contributed by atoms with Crippen LogP contribution >= 0.6 is 11.6 Å². The molecule has 0 aliphatic carbocycles. The van der Waals surface area contributed by atoms with E-state index in [4.69, 9.17) is 11.6 Å². The summed E-state index contributed by atoms with van der Waals surface area (Å²) in [6.07, 6.45) is 1.62. The maximum Gasteiger partial charge on any atom is 0.278 e. The Hall–Kier alpha value is -3.37. The third-order valence-corrected chi connectivity index (χ3v) is 5.86. The topological polar surface area (TPSA) is 39.8 Å². The standard InChI is InChI=1S/C25H20ClN3O/c1-17-10-12-18(13-11-17)14-29-22-9-5-3-7-20(22)23-24(29)25(30)28(16-27-23)15-19-6-2-4-8-21(19)26/h2-13,16H,14-15H2,1H3. The molecule has 4 nitrogen and oxygen atoms in total. The highest BCUT2D eigenvalue weighted by molar-refractivity contribution is 6.31. The lowest BCUT2D eigenvalue weighted by molar-refractivity contribution is 0.737. The molecule has 0 saturated heterocycles. The van der Waals surface area contributed by atoms with Crippen LogP contribution in [0.5, 0.6) is 0 Å². The summed E-state index contributed by atoms with van der Waals surface area (Å²) in [7, 11) is 0. The first-order valence-electron chi connectivity index (χ1n) is 9.87. The number of benzene rings is 3. The molecule has 0 bridgehead atoms. The fraction of sp³-hybridized carbons (Fsp3) is 0.120. The predicted molar refractivity (Wildman–Crippen MR) is 122 cm³/mol. The molecule has 3 aromatic carbocycles. The molecule has 5 rings (SSSR count). The van der Waals surface area contributed by atoms with Crippen LogP contribution in [-0.2, 0) is 13.1 Å². The van der Waals surface area contributed by atoms with E-state index in [1.165, 1.54) is 5.56 Å². The normalized spacial score (nSPS) is 11.4. The van der Waals surface area contributed by atoms with Crippen LogP contribution in [0.25, 0.3) is 21.9 Å². The Morgan fingerprint density at radius 1 is 0.900 bits per heavy atom. The van der Waals surface area contributed by atoms with Crippen molar-refractivity contribution in [2.24, 2.45) is 0 Å². The second kappa shape index (κ2) is 7.47. The molecule has 0 spiro atoms.